The largest absolute Gasteiger partial charge is 0.401 e. The molecule has 0 heterocycles. The van der Waals surface area contributed by atoms with Crippen LogP contribution in [0.2, 0.25) is 0 Å². The number of aliphatic hydroxyl groups is 2. The Bertz CT molecular complexity index is 415. The number of nitrogens with zero attached hydrogens (tertiary/aromatic N) is 1. The van der Waals surface area contributed by atoms with Crippen molar-refractivity contribution in [2.45, 2.75) is 18.7 Å². The van der Waals surface area contributed by atoms with Gasteiger partial charge in [0.15, 0.2) is 0 Å². The van der Waals surface area contributed by atoms with Crippen molar-refractivity contribution in [2.75, 3.05) is 26.2 Å². The summed E-state index contributed by atoms with van der Waals surface area (Å²) in [6, 6.07) is 7.00. The van der Waals surface area contributed by atoms with Crippen molar-refractivity contribution >= 4 is 15.9 Å². The molecule has 0 aliphatic heterocycles. The molecule has 1 aromatic carbocycles. The minimum atomic E-state index is -4.31. The second-order valence-corrected chi connectivity index (χ2v) is 5.39. The standard InChI is InChI=1S/C13H17BrF3NO2/c14-11-3-1-2-10(8-11)12(20)4-5-18(6-7-19)9-13(15,16)17/h1-3,8,12,19-20H,4-7,9H2. The Labute approximate surface area is 124 Å². The van der Waals surface area contributed by atoms with Crippen molar-refractivity contribution in [3.05, 3.63) is 34.3 Å². The molecule has 0 bridgehead atoms. The topological polar surface area (TPSA) is 43.7 Å². The minimum Gasteiger partial charge on any atom is -0.395 e. The second kappa shape index (κ2) is 7.97. The fourth-order valence-electron chi connectivity index (χ4n) is 1.85. The summed E-state index contributed by atoms with van der Waals surface area (Å²) >= 11 is 3.27. The lowest BCUT2D eigenvalue weighted by Crippen LogP contribution is -2.37. The first-order valence-corrected chi connectivity index (χ1v) is 6.94. The molecule has 0 aromatic heterocycles. The van der Waals surface area contributed by atoms with E-state index in [0.717, 1.165) is 9.37 Å². The van der Waals surface area contributed by atoms with Gasteiger partial charge < -0.3 is 10.2 Å². The Kier molecular flexibility index (Phi) is 6.94. The van der Waals surface area contributed by atoms with Crippen molar-refractivity contribution in [1.82, 2.24) is 4.90 Å². The van der Waals surface area contributed by atoms with Crippen molar-refractivity contribution in [3.63, 3.8) is 0 Å². The molecule has 1 aromatic rings. The van der Waals surface area contributed by atoms with E-state index in [0.29, 0.717) is 5.56 Å². The Balaban J connectivity index is 2.54. The zero-order valence-electron chi connectivity index (χ0n) is 10.8. The molecule has 1 rings (SSSR count). The Hall–Kier alpha value is -0.630. The van der Waals surface area contributed by atoms with Crippen molar-refractivity contribution < 1.29 is 23.4 Å². The average Bonchev–Trinajstić information content (AvgIpc) is 2.34. The van der Waals surface area contributed by atoms with Crippen LogP contribution in [0.1, 0.15) is 18.1 Å². The number of halogens is 4. The molecule has 114 valence electrons. The smallest absolute Gasteiger partial charge is 0.395 e. The lowest BCUT2D eigenvalue weighted by Gasteiger charge is -2.24. The zero-order chi connectivity index (χ0) is 15.2. The second-order valence-electron chi connectivity index (χ2n) is 4.47. The zero-order valence-corrected chi connectivity index (χ0v) is 12.4. The number of benzene rings is 1. The van der Waals surface area contributed by atoms with E-state index in [9.17, 15) is 18.3 Å². The maximum Gasteiger partial charge on any atom is 0.401 e. The van der Waals surface area contributed by atoms with E-state index < -0.39 is 18.8 Å². The summed E-state index contributed by atoms with van der Waals surface area (Å²) in [5, 5.41) is 18.7. The summed E-state index contributed by atoms with van der Waals surface area (Å²) < 4.78 is 37.8. The predicted octanol–water partition coefficient (Wildman–Crippen LogP) is 2.73. The third kappa shape index (κ3) is 6.69. The number of hydrogen-bond acceptors (Lipinski definition) is 3. The number of hydrogen-bond donors (Lipinski definition) is 2. The quantitative estimate of drug-likeness (QED) is 0.790. The third-order valence-electron chi connectivity index (χ3n) is 2.77. The van der Waals surface area contributed by atoms with Gasteiger partial charge in [-0.05, 0) is 24.1 Å². The van der Waals surface area contributed by atoms with Crippen LogP contribution in [0.15, 0.2) is 28.7 Å². The molecule has 0 spiro atoms. The molecule has 1 atom stereocenters. The first-order chi connectivity index (χ1) is 9.31. The van der Waals surface area contributed by atoms with Gasteiger partial charge in [0, 0.05) is 17.6 Å². The molecule has 3 nitrogen and oxygen atoms in total. The maximum absolute atomic E-state index is 12.3. The van der Waals surface area contributed by atoms with Gasteiger partial charge in [-0.25, -0.2) is 0 Å². The summed E-state index contributed by atoms with van der Waals surface area (Å²) in [4.78, 5) is 1.08. The van der Waals surface area contributed by atoms with E-state index in [2.05, 4.69) is 15.9 Å². The van der Waals surface area contributed by atoms with Crippen LogP contribution in [-0.2, 0) is 0 Å². The van der Waals surface area contributed by atoms with E-state index in [1.165, 1.54) is 0 Å². The van der Waals surface area contributed by atoms with Gasteiger partial charge in [-0.2, -0.15) is 13.2 Å². The number of aliphatic hydroxyl groups excluding tert-OH is 2. The van der Waals surface area contributed by atoms with Crippen molar-refractivity contribution in [3.8, 4) is 0 Å². The van der Waals surface area contributed by atoms with Crippen LogP contribution >= 0.6 is 15.9 Å². The molecule has 1 unspecified atom stereocenters. The average molecular weight is 356 g/mol. The molecule has 0 aliphatic rings. The van der Waals surface area contributed by atoms with Gasteiger partial charge in [0.25, 0.3) is 0 Å². The van der Waals surface area contributed by atoms with Crippen molar-refractivity contribution in [1.29, 1.82) is 0 Å². The van der Waals surface area contributed by atoms with E-state index in [4.69, 9.17) is 5.11 Å². The number of rotatable bonds is 7. The lowest BCUT2D eigenvalue weighted by molar-refractivity contribution is -0.147. The monoisotopic (exact) mass is 355 g/mol. The van der Waals surface area contributed by atoms with Crippen LogP contribution in [0.4, 0.5) is 13.2 Å². The van der Waals surface area contributed by atoms with E-state index >= 15 is 0 Å². The summed E-state index contributed by atoms with van der Waals surface area (Å²) in [6.07, 6.45) is -4.97. The van der Waals surface area contributed by atoms with E-state index in [-0.39, 0.29) is 26.1 Å². The van der Waals surface area contributed by atoms with Gasteiger partial charge in [0.1, 0.15) is 0 Å². The van der Waals surface area contributed by atoms with Gasteiger partial charge in [-0.15, -0.1) is 0 Å². The molecule has 2 N–H and O–H groups in total. The highest BCUT2D eigenvalue weighted by Gasteiger charge is 2.30. The molecule has 7 heteroatoms. The summed E-state index contributed by atoms with van der Waals surface area (Å²) in [7, 11) is 0. The minimum absolute atomic E-state index is 0.0632. The van der Waals surface area contributed by atoms with E-state index in [1.807, 2.05) is 0 Å². The molecule has 20 heavy (non-hydrogen) atoms. The Morgan fingerprint density at radius 3 is 2.50 bits per heavy atom. The van der Waals surface area contributed by atoms with Crippen LogP contribution < -0.4 is 0 Å². The van der Waals surface area contributed by atoms with Crippen molar-refractivity contribution in [2.24, 2.45) is 0 Å². The molecule has 0 amide bonds. The Morgan fingerprint density at radius 2 is 1.95 bits per heavy atom. The van der Waals surface area contributed by atoms with Gasteiger partial charge in [0.05, 0.1) is 19.3 Å². The molecule has 0 saturated heterocycles. The molecule has 0 aliphatic carbocycles. The van der Waals surface area contributed by atoms with E-state index in [1.54, 1.807) is 24.3 Å². The van der Waals surface area contributed by atoms with Crippen LogP contribution in [-0.4, -0.2) is 47.5 Å². The highest BCUT2D eigenvalue weighted by molar-refractivity contribution is 9.10. The first kappa shape index (κ1) is 17.4. The first-order valence-electron chi connectivity index (χ1n) is 6.15. The van der Waals surface area contributed by atoms with Gasteiger partial charge in [-0.3, -0.25) is 4.90 Å². The maximum atomic E-state index is 12.3. The van der Waals surface area contributed by atoms with Crippen LogP contribution in [0, 0.1) is 0 Å². The van der Waals surface area contributed by atoms with Gasteiger partial charge in [-0.1, -0.05) is 28.1 Å². The summed E-state index contributed by atoms with van der Waals surface area (Å²) in [6.45, 7) is -1.43. The molecule has 0 fully saturated rings. The van der Waals surface area contributed by atoms with Crippen LogP contribution in [0.3, 0.4) is 0 Å². The fraction of sp³-hybridized carbons (Fsp3) is 0.538. The van der Waals surface area contributed by atoms with Crippen LogP contribution in [0.5, 0.6) is 0 Å². The van der Waals surface area contributed by atoms with Crippen LogP contribution in [0.25, 0.3) is 0 Å². The normalized spacial score (nSPS) is 13.8. The predicted molar refractivity (Wildman–Crippen MR) is 73.3 cm³/mol. The van der Waals surface area contributed by atoms with Gasteiger partial charge >= 0.3 is 6.18 Å². The fourth-order valence-corrected chi connectivity index (χ4v) is 2.27. The summed E-state index contributed by atoms with van der Waals surface area (Å²) in [5.74, 6) is 0. The highest BCUT2D eigenvalue weighted by atomic mass is 79.9. The summed E-state index contributed by atoms with van der Waals surface area (Å²) in [5.41, 5.74) is 0.648. The molecule has 0 radical (unpaired) electrons. The molecular weight excluding hydrogens is 339 g/mol. The number of alkyl halides is 3. The Morgan fingerprint density at radius 1 is 1.25 bits per heavy atom. The molecular formula is C13H17BrF3NO2. The highest BCUT2D eigenvalue weighted by Crippen LogP contribution is 2.22. The molecule has 0 saturated carbocycles. The lowest BCUT2D eigenvalue weighted by atomic mass is 10.1. The third-order valence-corrected chi connectivity index (χ3v) is 3.26. The van der Waals surface area contributed by atoms with Gasteiger partial charge in [0.2, 0.25) is 0 Å². The SMILES string of the molecule is OCCN(CCC(O)c1cccc(Br)c1)CC(F)(F)F.